The summed E-state index contributed by atoms with van der Waals surface area (Å²) < 4.78 is 6.46. The van der Waals surface area contributed by atoms with Crippen molar-refractivity contribution in [1.29, 1.82) is 0 Å². The van der Waals surface area contributed by atoms with Gasteiger partial charge < -0.3 is 14.2 Å². The molecule has 3 rings (SSSR count). The Bertz CT molecular complexity index is 733. The summed E-state index contributed by atoms with van der Waals surface area (Å²) in [6, 6.07) is 3.89. The summed E-state index contributed by atoms with van der Waals surface area (Å²) in [6.45, 7) is 8.73. The molecule has 6 heteroatoms. The van der Waals surface area contributed by atoms with Crippen molar-refractivity contribution < 1.29 is 9.21 Å². The van der Waals surface area contributed by atoms with Crippen molar-refractivity contribution in [2.45, 2.75) is 20.8 Å². The van der Waals surface area contributed by atoms with Gasteiger partial charge in [0.15, 0.2) is 0 Å². The van der Waals surface area contributed by atoms with Crippen LogP contribution in [-0.4, -0.2) is 42.0 Å². The zero-order valence-corrected chi connectivity index (χ0v) is 15.2. The van der Waals surface area contributed by atoms with E-state index in [1.165, 1.54) is 0 Å². The average molecular weight is 378 g/mol. The lowest BCUT2D eigenvalue weighted by Crippen LogP contribution is -2.49. The SMILES string of the molecule is Cc1cc(C(=O)N2CCN(c3ncc(Br)cc3C)CC2)c(C)o1. The first kappa shape index (κ1) is 16.1. The maximum absolute atomic E-state index is 12.6. The number of nitrogens with zero attached hydrogens (tertiary/aromatic N) is 3. The van der Waals surface area contributed by atoms with Gasteiger partial charge in [-0.25, -0.2) is 4.98 Å². The van der Waals surface area contributed by atoms with Gasteiger partial charge in [0.05, 0.1) is 5.56 Å². The number of hydrogen-bond acceptors (Lipinski definition) is 4. The number of rotatable bonds is 2. The smallest absolute Gasteiger partial charge is 0.257 e. The molecule has 0 aromatic carbocycles. The van der Waals surface area contributed by atoms with Crippen LogP contribution in [0.25, 0.3) is 0 Å². The third-order valence-corrected chi connectivity index (χ3v) is 4.59. The van der Waals surface area contributed by atoms with Crippen molar-refractivity contribution in [3.8, 4) is 0 Å². The number of piperazine rings is 1. The number of furan rings is 1. The standard InChI is InChI=1S/C17H20BrN3O2/c1-11-8-14(18)10-19-16(11)20-4-6-21(7-5-20)17(22)15-9-12(2)23-13(15)3/h8-10H,4-7H2,1-3H3. The highest BCUT2D eigenvalue weighted by Gasteiger charge is 2.25. The third-order valence-electron chi connectivity index (χ3n) is 4.16. The van der Waals surface area contributed by atoms with Gasteiger partial charge in [-0.15, -0.1) is 0 Å². The van der Waals surface area contributed by atoms with Crippen LogP contribution in [0.5, 0.6) is 0 Å². The maximum Gasteiger partial charge on any atom is 0.257 e. The molecule has 0 spiro atoms. The monoisotopic (exact) mass is 377 g/mol. The highest BCUT2D eigenvalue weighted by molar-refractivity contribution is 9.10. The van der Waals surface area contributed by atoms with E-state index in [1.807, 2.05) is 31.0 Å². The fourth-order valence-corrected chi connectivity index (χ4v) is 3.44. The van der Waals surface area contributed by atoms with Crippen molar-refractivity contribution in [3.63, 3.8) is 0 Å². The van der Waals surface area contributed by atoms with Crippen LogP contribution in [0.3, 0.4) is 0 Å². The molecular formula is C17H20BrN3O2. The van der Waals surface area contributed by atoms with Gasteiger partial charge in [0.2, 0.25) is 0 Å². The molecule has 5 nitrogen and oxygen atoms in total. The number of aromatic nitrogens is 1. The fourth-order valence-electron chi connectivity index (χ4n) is 3.00. The first-order chi connectivity index (χ1) is 11.0. The molecule has 2 aromatic heterocycles. The van der Waals surface area contributed by atoms with Crippen LogP contribution in [0.2, 0.25) is 0 Å². The highest BCUT2D eigenvalue weighted by atomic mass is 79.9. The summed E-state index contributed by atoms with van der Waals surface area (Å²) >= 11 is 3.44. The summed E-state index contributed by atoms with van der Waals surface area (Å²) in [5.41, 5.74) is 1.81. The molecule has 0 atom stereocenters. The predicted octanol–water partition coefficient (Wildman–Crippen LogP) is 3.32. The number of hydrogen-bond donors (Lipinski definition) is 0. The van der Waals surface area contributed by atoms with Crippen LogP contribution in [0, 0.1) is 20.8 Å². The minimum atomic E-state index is 0.0551. The Morgan fingerprint density at radius 3 is 2.43 bits per heavy atom. The molecule has 1 fully saturated rings. The lowest BCUT2D eigenvalue weighted by Gasteiger charge is -2.36. The van der Waals surface area contributed by atoms with Crippen LogP contribution in [0.15, 0.2) is 27.2 Å². The molecule has 0 radical (unpaired) electrons. The Morgan fingerprint density at radius 2 is 1.87 bits per heavy atom. The second kappa shape index (κ2) is 6.35. The van der Waals surface area contributed by atoms with Crippen LogP contribution in [0.1, 0.15) is 27.4 Å². The first-order valence-corrected chi connectivity index (χ1v) is 8.48. The van der Waals surface area contributed by atoms with E-state index < -0.39 is 0 Å². The summed E-state index contributed by atoms with van der Waals surface area (Å²) in [5.74, 6) is 2.52. The van der Waals surface area contributed by atoms with E-state index in [-0.39, 0.29) is 5.91 Å². The minimum absolute atomic E-state index is 0.0551. The quantitative estimate of drug-likeness (QED) is 0.805. The number of carbonyl (C=O) groups excluding carboxylic acids is 1. The molecule has 0 unspecified atom stereocenters. The molecule has 2 aromatic rings. The molecule has 122 valence electrons. The van der Waals surface area contributed by atoms with Gasteiger partial charge >= 0.3 is 0 Å². The lowest BCUT2D eigenvalue weighted by atomic mass is 10.2. The zero-order valence-electron chi connectivity index (χ0n) is 13.6. The molecule has 0 saturated carbocycles. The Morgan fingerprint density at radius 1 is 1.17 bits per heavy atom. The molecule has 0 N–H and O–H groups in total. The number of pyridine rings is 1. The average Bonchev–Trinajstić information content (AvgIpc) is 2.85. The summed E-state index contributed by atoms with van der Waals surface area (Å²) in [7, 11) is 0. The van der Waals surface area contributed by atoms with Crippen molar-refractivity contribution >= 4 is 27.7 Å². The Hall–Kier alpha value is -1.82. The molecule has 23 heavy (non-hydrogen) atoms. The molecule has 1 aliphatic rings. The van der Waals surface area contributed by atoms with Crippen molar-refractivity contribution in [3.05, 3.63) is 45.4 Å². The topological polar surface area (TPSA) is 49.6 Å². The normalized spacial score (nSPS) is 15.1. The molecular weight excluding hydrogens is 358 g/mol. The van der Waals surface area contributed by atoms with Crippen molar-refractivity contribution in [2.75, 3.05) is 31.1 Å². The summed E-state index contributed by atoms with van der Waals surface area (Å²) in [5, 5.41) is 0. The second-order valence-corrected chi connectivity index (χ2v) is 6.82. The zero-order chi connectivity index (χ0) is 16.6. The third kappa shape index (κ3) is 3.27. The van der Waals surface area contributed by atoms with Gasteiger partial charge in [0.1, 0.15) is 17.3 Å². The van der Waals surface area contributed by atoms with E-state index in [1.54, 1.807) is 0 Å². The molecule has 1 aliphatic heterocycles. The van der Waals surface area contributed by atoms with Crippen LogP contribution in [-0.2, 0) is 0 Å². The van der Waals surface area contributed by atoms with Gasteiger partial charge in [-0.2, -0.15) is 0 Å². The van der Waals surface area contributed by atoms with Crippen LogP contribution in [0.4, 0.5) is 5.82 Å². The molecule has 0 bridgehead atoms. The Labute approximate surface area is 144 Å². The van der Waals surface area contributed by atoms with E-state index in [9.17, 15) is 4.79 Å². The summed E-state index contributed by atoms with van der Waals surface area (Å²) in [4.78, 5) is 21.2. The summed E-state index contributed by atoms with van der Waals surface area (Å²) in [6.07, 6.45) is 1.82. The van der Waals surface area contributed by atoms with E-state index in [2.05, 4.69) is 38.8 Å². The lowest BCUT2D eigenvalue weighted by molar-refractivity contribution is 0.0744. The van der Waals surface area contributed by atoms with Crippen LogP contribution < -0.4 is 4.90 Å². The molecule has 1 saturated heterocycles. The number of aryl methyl sites for hydroxylation is 3. The minimum Gasteiger partial charge on any atom is -0.466 e. The highest BCUT2D eigenvalue weighted by Crippen LogP contribution is 2.23. The van der Waals surface area contributed by atoms with E-state index in [0.29, 0.717) is 24.4 Å². The van der Waals surface area contributed by atoms with E-state index >= 15 is 0 Å². The first-order valence-electron chi connectivity index (χ1n) is 7.69. The van der Waals surface area contributed by atoms with E-state index in [0.717, 1.165) is 34.7 Å². The number of carbonyl (C=O) groups is 1. The Balaban J connectivity index is 1.68. The van der Waals surface area contributed by atoms with Crippen LogP contribution >= 0.6 is 15.9 Å². The van der Waals surface area contributed by atoms with E-state index in [4.69, 9.17) is 4.42 Å². The fraction of sp³-hybridized carbons (Fsp3) is 0.412. The molecule has 1 amide bonds. The predicted molar refractivity (Wildman–Crippen MR) is 93.0 cm³/mol. The second-order valence-electron chi connectivity index (χ2n) is 5.90. The van der Waals surface area contributed by atoms with Crippen molar-refractivity contribution in [2.24, 2.45) is 0 Å². The number of halogens is 1. The van der Waals surface area contributed by atoms with Gasteiger partial charge in [0.25, 0.3) is 5.91 Å². The van der Waals surface area contributed by atoms with Gasteiger partial charge in [-0.1, -0.05) is 0 Å². The Kier molecular flexibility index (Phi) is 4.43. The van der Waals surface area contributed by atoms with Crippen molar-refractivity contribution in [1.82, 2.24) is 9.88 Å². The number of anilines is 1. The maximum atomic E-state index is 12.6. The molecule has 3 heterocycles. The van der Waals surface area contributed by atoms with Gasteiger partial charge in [0, 0.05) is 36.8 Å². The number of amides is 1. The van der Waals surface area contributed by atoms with Gasteiger partial charge in [-0.05, 0) is 54.4 Å². The molecule has 0 aliphatic carbocycles. The van der Waals surface area contributed by atoms with Gasteiger partial charge in [-0.3, -0.25) is 4.79 Å². The largest absolute Gasteiger partial charge is 0.466 e.